The lowest BCUT2D eigenvalue weighted by Gasteiger charge is -2.17. The molecule has 1 amide bonds. The Balaban J connectivity index is 2.19. The number of aromatic nitrogens is 3. The summed E-state index contributed by atoms with van der Waals surface area (Å²) in [4.78, 5) is 31.7. The van der Waals surface area contributed by atoms with Gasteiger partial charge in [-0.15, -0.1) is 0 Å². The van der Waals surface area contributed by atoms with Crippen LogP contribution in [0.2, 0.25) is 0 Å². The molecule has 0 fully saturated rings. The van der Waals surface area contributed by atoms with Crippen LogP contribution in [0.15, 0.2) is 39.3 Å². The third-order valence-electron chi connectivity index (χ3n) is 4.82. The van der Waals surface area contributed by atoms with Crippen molar-refractivity contribution in [1.82, 2.24) is 18.9 Å². The van der Waals surface area contributed by atoms with Crippen LogP contribution in [-0.4, -0.2) is 49.6 Å². The molecular weight excluding hydrogens is 384 g/mol. The lowest BCUT2D eigenvalue weighted by molar-refractivity contribution is 0.0699. The Morgan fingerprint density at radius 3 is 2.60 bits per heavy atom. The Morgan fingerprint density at radius 2 is 2.03 bits per heavy atom. The number of rotatable bonds is 6. The maximum absolute atomic E-state index is 13.3. The normalized spacial score (nSPS) is 12.2. The second-order valence-corrected chi connectivity index (χ2v) is 7.93. The highest BCUT2D eigenvalue weighted by atomic mass is 16.3. The third-order valence-corrected chi connectivity index (χ3v) is 4.82. The molecule has 0 saturated heterocycles. The number of amides is 1. The molecule has 0 saturated carbocycles. The van der Waals surface area contributed by atoms with Gasteiger partial charge in [-0.2, -0.15) is 0 Å². The number of furan rings is 1. The third kappa shape index (κ3) is 4.23. The van der Waals surface area contributed by atoms with Crippen LogP contribution in [0.1, 0.15) is 42.8 Å². The quantitative estimate of drug-likeness (QED) is 0.629. The SMILES string of the molecule is CC(C)=CCn1c(-c2cc(C)oc2C)cn2cc(C(=O)N(C)C[C@@H](C)O)nc2c1=O. The number of fused-ring (bicyclic) bond motifs is 1. The van der Waals surface area contributed by atoms with Crippen molar-refractivity contribution in [2.75, 3.05) is 13.6 Å². The zero-order valence-electron chi connectivity index (χ0n) is 18.3. The predicted octanol–water partition coefficient (Wildman–Crippen LogP) is 2.79. The Kier molecular flexibility index (Phi) is 5.98. The zero-order valence-corrected chi connectivity index (χ0v) is 18.3. The van der Waals surface area contributed by atoms with Crippen LogP contribution < -0.4 is 5.56 Å². The van der Waals surface area contributed by atoms with Crippen molar-refractivity contribution in [2.45, 2.75) is 47.3 Å². The lowest BCUT2D eigenvalue weighted by atomic mass is 10.1. The fraction of sp³-hybridized carbons (Fsp3) is 0.409. The van der Waals surface area contributed by atoms with Crippen molar-refractivity contribution in [3.63, 3.8) is 0 Å². The molecule has 0 spiro atoms. The van der Waals surface area contributed by atoms with Crippen LogP contribution in [-0.2, 0) is 6.54 Å². The molecule has 0 bridgehead atoms. The number of aliphatic hydroxyl groups is 1. The van der Waals surface area contributed by atoms with Crippen LogP contribution in [0.25, 0.3) is 16.9 Å². The summed E-state index contributed by atoms with van der Waals surface area (Å²) in [6.07, 6.45) is 4.66. The number of allylic oxidation sites excluding steroid dienone is 2. The molecule has 8 heteroatoms. The standard InChI is InChI=1S/C22H28N4O4/c1-13(2)7-8-26-19(17-9-15(4)30-16(17)5)12-25-11-18(23-20(25)22(26)29)21(28)24(6)10-14(3)27/h7,9,11-12,14,27H,8,10H2,1-6H3/t14-/m1/s1. The number of hydrogen-bond acceptors (Lipinski definition) is 5. The van der Waals surface area contributed by atoms with E-state index in [9.17, 15) is 14.7 Å². The smallest absolute Gasteiger partial charge is 0.295 e. The fourth-order valence-electron chi connectivity index (χ4n) is 3.41. The average Bonchev–Trinajstić information content (AvgIpc) is 3.22. The van der Waals surface area contributed by atoms with E-state index in [2.05, 4.69) is 4.98 Å². The molecule has 0 aliphatic heterocycles. The molecule has 30 heavy (non-hydrogen) atoms. The van der Waals surface area contributed by atoms with Gasteiger partial charge in [0.15, 0.2) is 0 Å². The highest BCUT2D eigenvalue weighted by molar-refractivity contribution is 5.92. The summed E-state index contributed by atoms with van der Waals surface area (Å²) < 4.78 is 8.90. The second-order valence-electron chi connectivity index (χ2n) is 7.93. The number of carbonyl (C=O) groups is 1. The van der Waals surface area contributed by atoms with E-state index in [-0.39, 0.29) is 29.4 Å². The Bertz CT molecular complexity index is 1180. The summed E-state index contributed by atoms with van der Waals surface area (Å²) >= 11 is 0. The first kappa shape index (κ1) is 21.6. The van der Waals surface area contributed by atoms with Gasteiger partial charge in [-0.1, -0.05) is 11.6 Å². The van der Waals surface area contributed by atoms with E-state index >= 15 is 0 Å². The van der Waals surface area contributed by atoms with Crippen LogP contribution in [0.4, 0.5) is 0 Å². The number of hydrogen-bond donors (Lipinski definition) is 1. The number of aliphatic hydroxyl groups excluding tert-OH is 1. The maximum Gasteiger partial charge on any atom is 0.295 e. The first-order valence-corrected chi connectivity index (χ1v) is 9.85. The highest BCUT2D eigenvalue weighted by Crippen LogP contribution is 2.26. The molecule has 0 aliphatic carbocycles. The van der Waals surface area contributed by atoms with Gasteiger partial charge in [0.05, 0.1) is 11.8 Å². The number of carbonyl (C=O) groups excluding carboxylic acids is 1. The summed E-state index contributed by atoms with van der Waals surface area (Å²) in [5, 5.41) is 9.55. The van der Waals surface area contributed by atoms with Crippen molar-refractivity contribution in [3.8, 4) is 11.3 Å². The van der Waals surface area contributed by atoms with Gasteiger partial charge in [-0.25, -0.2) is 4.98 Å². The monoisotopic (exact) mass is 412 g/mol. The molecule has 160 valence electrons. The van der Waals surface area contributed by atoms with E-state index in [0.29, 0.717) is 18.0 Å². The maximum atomic E-state index is 13.3. The molecule has 3 heterocycles. The van der Waals surface area contributed by atoms with Gasteiger partial charge in [0, 0.05) is 38.1 Å². The summed E-state index contributed by atoms with van der Waals surface area (Å²) in [7, 11) is 1.59. The summed E-state index contributed by atoms with van der Waals surface area (Å²) in [5.74, 6) is 1.11. The summed E-state index contributed by atoms with van der Waals surface area (Å²) in [6.45, 7) is 9.83. The van der Waals surface area contributed by atoms with Crippen molar-refractivity contribution < 1.29 is 14.3 Å². The second kappa shape index (κ2) is 8.31. The van der Waals surface area contributed by atoms with Crippen molar-refractivity contribution in [2.24, 2.45) is 0 Å². The minimum Gasteiger partial charge on any atom is -0.466 e. The number of likely N-dealkylation sites (N-methyl/N-ethyl adjacent to an activating group) is 1. The Labute approximate surface area is 175 Å². The fourth-order valence-corrected chi connectivity index (χ4v) is 3.41. The molecule has 0 radical (unpaired) electrons. The molecule has 3 aromatic rings. The summed E-state index contributed by atoms with van der Waals surface area (Å²) in [6, 6.07) is 1.90. The van der Waals surface area contributed by atoms with Crippen molar-refractivity contribution in [1.29, 1.82) is 0 Å². The molecule has 0 aliphatic rings. The average molecular weight is 412 g/mol. The van der Waals surface area contributed by atoms with Crippen molar-refractivity contribution in [3.05, 3.63) is 57.7 Å². The van der Waals surface area contributed by atoms with E-state index in [0.717, 1.165) is 16.9 Å². The minimum atomic E-state index is -0.656. The minimum absolute atomic E-state index is 0.154. The number of imidazole rings is 1. The van der Waals surface area contributed by atoms with Gasteiger partial charge in [0.1, 0.15) is 17.2 Å². The van der Waals surface area contributed by atoms with Crippen LogP contribution in [0, 0.1) is 13.8 Å². The zero-order chi connectivity index (χ0) is 22.2. The first-order valence-electron chi connectivity index (χ1n) is 9.85. The van der Waals surface area contributed by atoms with Crippen molar-refractivity contribution >= 4 is 11.6 Å². The Morgan fingerprint density at radius 1 is 1.33 bits per heavy atom. The van der Waals surface area contributed by atoms with E-state index in [4.69, 9.17) is 4.42 Å². The molecule has 1 atom stereocenters. The van der Waals surface area contributed by atoms with Gasteiger partial charge in [-0.3, -0.25) is 18.6 Å². The molecule has 3 aromatic heterocycles. The van der Waals surface area contributed by atoms with Gasteiger partial charge >= 0.3 is 0 Å². The molecule has 1 N–H and O–H groups in total. The van der Waals surface area contributed by atoms with Crippen LogP contribution in [0.5, 0.6) is 0 Å². The molecule has 0 unspecified atom stereocenters. The number of aryl methyl sites for hydroxylation is 2. The number of nitrogens with zero attached hydrogens (tertiary/aromatic N) is 4. The van der Waals surface area contributed by atoms with Crippen LogP contribution >= 0.6 is 0 Å². The molecule has 3 rings (SSSR count). The largest absolute Gasteiger partial charge is 0.466 e. The lowest BCUT2D eigenvalue weighted by Crippen LogP contribution is -2.33. The highest BCUT2D eigenvalue weighted by Gasteiger charge is 2.21. The van der Waals surface area contributed by atoms with E-state index in [1.54, 1.807) is 35.3 Å². The van der Waals surface area contributed by atoms with Gasteiger partial charge < -0.3 is 14.4 Å². The first-order chi connectivity index (χ1) is 14.1. The van der Waals surface area contributed by atoms with Gasteiger partial charge in [0.25, 0.3) is 11.5 Å². The van der Waals surface area contributed by atoms with Crippen LogP contribution in [0.3, 0.4) is 0 Å². The Hall–Kier alpha value is -3.13. The van der Waals surface area contributed by atoms with Gasteiger partial charge in [-0.05, 0) is 40.7 Å². The van der Waals surface area contributed by atoms with Gasteiger partial charge in [0.2, 0.25) is 5.65 Å². The molecule has 0 aromatic carbocycles. The predicted molar refractivity (Wildman–Crippen MR) is 115 cm³/mol. The topological polar surface area (TPSA) is 93.0 Å². The molecule has 8 nitrogen and oxygen atoms in total. The summed E-state index contributed by atoms with van der Waals surface area (Å²) in [5.41, 5.74) is 2.63. The van der Waals surface area contributed by atoms with E-state index in [1.165, 1.54) is 4.90 Å². The van der Waals surface area contributed by atoms with E-state index < -0.39 is 6.10 Å². The molecular formula is C22H28N4O4. The van der Waals surface area contributed by atoms with E-state index in [1.807, 2.05) is 39.8 Å².